The summed E-state index contributed by atoms with van der Waals surface area (Å²) in [4.78, 5) is 27.4. The van der Waals surface area contributed by atoms with Crippen LogP contribution in [-0.4, -0.2) is 27.2 Å². The number of amides is 2. The summed E-state index contributed by atoms with van der Waals surface area (Å²) < 4.78 is 4.19. The van der Waals surface area contributed by atoms with Crippen LogP contribution in [0.25, 0.3) is 0 Å². The van der Waals surface area contributed by atoms with Crippen LogP contribution >= 0.6 is 11.5 Å². The van der Waals surface area contributed by atoms with E-state index in [-0.39, 0.29) is 5.69 Å². The highest BCUT2D eigenvalue weighted by molar-refractivity contribution is 7.10. The van der Waals surface area contributed by atoms with Gasteiger partial charge >= 0.3 is 0 Å². The summed E-state index contributed by atoms with van der Waals surface area (Å²) in [5.74, 6) is -0.501. The molecule has 0 radical (unpaired) electrons. The number of nitrogens with two attached hydrogens (primary N) is 2. The van der Waals surface area contributed by atoms with Crippen molar-refractivity contribution in [3.8, 4) is 0 Å². The molecule has 2 heterocycles. The van der Waals surface area contributed by atoms with Crippen molar-refractivity contribution in [2.75, 3.05) is 10.6 Å². The van der Waals surface area contributed by atoms with Crippen LogP contribution in [0.2, 0.25) is 0 Å². The highest BCUT2D eigenvalue weighted by atomic mass is 32.1. The molecule has 132 valence electrons. The zero-order chi connectivity index (χ0) is 18.0. The van der Waals surface area contributed by atoms with Gasteiger partial charge in [-0.3, -0.25) is 9.59 Å². The minimum Gasteiger partial charge on any atom is -0.372 e. The van der Waals surface area contributed by atoms with E-state index in [0.29, 0.717) is 23.7 Å². The molecule has 1 fully saturated rings. The Kier molecular flexibility index (Phi) is 4.84. The third-order valence-corrected chi connectivity index (χ3v) is 4.75. The number of primary amides is 2. The maximum Gasteiger partial charge on any atom is 0.269 e. The third kappa shape index (κ3) is 4.44. The zero-order valence-corrected chi connectivity index (χ0v) is 14.6. The van der Waals surface area contributed by atoms with Gasteiger partial charge in [0.25, 0.3) is 5.91 Å². The number of hydrogen-bond donors (Lipinski definition) is 4. The Morgan fingerprint density at radius 2 is 2.12 bits per heavy atom. The number of aromatic nitrogens is 2. The maximum absolute atomic E-state index is 11.7. The lowest BCUT2D eigenvalue weighted by atomic mass is 10.1. The van der Waals surface area contributed by atoms with Crippen LogP contribution in [0.1, 0.15) is 35.4 Å². The van der Waals surface area contributed by atoms with Gasteiger partial charge in [0, 0.05) is 0 Å². The van der Waals surface area contributed by atoms with Gasteiger partial charge in [0.05, 0.1) is 23.3 Å². The molecule has 0 aromatic carbocycles. The molecule has 25 heavy (non-hydrogen) atoms. The largest absolute Gasteiger partial charge is 0.372 e. The summed E-state index contributed by atoms with van der Waals surface area (Å²) in [6.45, 7) is 1.88. The Bertz CT molecular complexity index is 802. The number of aryl methyl sites for hydroxylation is 1. The highest BCUT2D eigenvalue weighted by Crippen LogP contribution is 2.34. The van der Waals surface area contributed by atoms with Crippen molar-refractivity contribution >= 4 is 39.7 Å². The molecule has 2 aromatic heterocycles. The van der Waals surface area contributed by atoms with Gasteiger partial charge < -0.3 is 22.1 Å². The van der Waals surface area contributed by atoms with Gasteiger partial charge in [0.1, 0.15) is 11.0 Å². The number of carbonyl (C=O) groups excluding carboxylic acids is 2. The van der Waals surface area contributed by atoms with Gasteiger partial charge in [-0.15, -0.1) is 0 Å². The predicted octanol–water partition coefficient (Wildman–Crippen LogP) is 1.75. The second kappa shape index (κ2) is 7.06. The maximum atomic E-state index is 11.7. The smallest absolute Gasteiger partial charge is 0.269 e. The lowest BCUT2D eigenvalue weighted by Gasteiger charge is -2.17. The summed E-state index contributed by atoms with van der Waals surface area (Å²) in [6.07, 6.45) is 4.43. The van der Waals surface area contributed by atoms with Crippen LogP contribution in [0.15, 0.2) is 18.3 Å². The second-order valence-corrected chi connectivity index (χ2v) is 7.03. The Morgan fingerprint density at radius 1 is 1.36 bits per heavy atom. The minimum absolute atomic E-state index is 0.120. The van der Waals surface area contributed by atoms with Crippen molar-refractivity contribution in [3.63, 3.8) is 0 Å². The summed E-state index contributed by atoms with van der Waals surface area (Å²) in [5, 5.41) is 6.98. The van der Waals surface area contributed by atoms with Crippen molar-refractivity contribution < 1.29 is 9.59 Å². The monoisotopic (exact) mass is 360 g/mol. The first-order chi connectivity index (χ1) is 11.9. The molecule has 2 aromatic rings. The van der Waals surface area contributed by atoms with E-state index < -0.39 is 17.9 Å². The molecule has 0 spiro atoms. The number of nitrogens with one attached hydrogen (secondary N) is 2. The fourth-order valence-corrected chi connectivity index (χ4v) is 3.20. The van der Waals surface area contributed by atoms with Crippen LogP contribution in [0.4, 0.5) is 16.4 Å². The normalized spacial score (nSPS) is 14.8. The molecule has 0 aliphatic heterocycles. The number of nitrogens with zero attached hydrogens (tertiary/aromatic N) is 2. The summed E-state index contributed by atoms with van der Waals surface area (Å²) in [7, 11) is 0. The van der Waals surface area contributed by atoms with E-state index in [0.717, 1.165) is 23.5 Å². The first-order valence-electron chi connectivity index (χ1n) is 7.98. The number of pyridine rings is 1. The molecule has 2 amide bonds. The Labute approximate surface area is 149 Å². The second-order valence-electron chi connectivity index (χ2n) is 6.22. The van der Waals surface area contributed by atoms with Gasteiger partial charge in [-0.2, -0.15) is 4.37 Å². The number of rotatable bonds is 8. The van der Waals surface area contributed by atoms with Crippen molar-refractivity contribution in [2.45, 2.75) is 32.2 Å². The molecule has 9 heteroatoms. The predicted molar refractivity (Wildman–Crippen MR) is 96.8 cm³/mol. The number of anilines is 3. The standard InChI is InChI=1S/C16H20N6O2S/c1-8-4-13(25-22-8)21-11-6-10(7-19-14(11)16(18)24)20-12(15(17)23)5-9-2-3-9/h4,6-7,9,12,20-21H,2-3,5H2,1H3,(H2,17,23)(H2,18,24). The van der Waals surface area contributed by atoms with Crippen molar-refractivity contribution in [2.24, 2.45) is 17.4 Å². The molecular weight excluding hydrogens is 340 g/mol. The minimum atomic E-state index is -0.639. The van der Waals surface area contributed by atoms with Crippen LogP contribution in [0.3, 0.4) is 0 Å². The summed E-state index contributed by atoms with van der Waals surface area (Å²) >= 11 is 1.27. The summed E-state index contributed by atoms with van der Waals surface area (Å²) in [6, 6.07) is 3.09. The van der Waals surface area contributed by atoms with Crippen molar-refractivity contribution in [3.05, 3.63) is 29.7 Å². The summed E-state index contributed by atoms with van der Waals surface area (Å²) in [5.41, 5.74) is 12.9. The van der Waals surface area contributed by atoms with E-state index >= 15 is 0 Å². The highest BCUT2D eigenvalue weighted by Gasteiger charge is 2.28. The molecule has 1 aliphatic carbocycles. The van der Waals surface area contributed by atoms with Crippen LogP contribution in [0, 0.1) is 12.8 Å². The van der Waals surface area contributed by atoms with Gasteiger partial charge in [0.2, 0.25) is 5.91 Å². The van der Waals surface area contributed by atoms with Crippen LogP contribution in [-0.2, 0) is 4.79 Å². The van der Waals surface area contributed by atoms with Gasteiger partial charge in [0.15, 0.2) is 5.69 Å². The van der Waals surface area contributed by atoms with Crippen LogP contribution < -0.4 is 22.1 Å². The molecule has 1 saturated carbocycles. The van der Waals surface area contributed by atoms with Gasteiger partial charge in [-0.25, -0.2) is 4.98 Å². The first kappa shape index (κ1) is 17.2. The average molecular weight is 360 g/mol. The molecule has 3 rings (SSSR count). The molecule has 1 aliphatic rings. The Hall–Kier alpha value is -2.68. The lowest BCUT2D eigenvalue weighted by Crippen LogP contribution is -2.36. The number of carbonyl (C=O) groups is 2. The van der Waals surface area contributed by atoms with Crippen molar-refractivity contribution in [1.82, 2.24) is 9.36 Å². The van der Waals surface area contributed by atoms with E-state index in [2.05, 4.69) is 20.0 Å². The lowest BCUT2D eigenvalue weighted by molar-refractivity contribution is -0.118. The van der Waals surface area contributed by atoms with Crippen molar-refractivity contribution in [1.29, 1.82) is 0 Å². The topological polar surface area (TPSA) is 136 Å². The zero-order valence-electron chi connectivity index (χ0n) is 13.8. The fraction of sp³-hybridized carbons (Fsp3) is 0.375. The Morgan fingerprint density at radius 3 is 2.68 bits per heavy atom. The molecule has 1 atom stereocenters. The first-order valence-corrected chi connectivity index (χ1v) is 8.75. The van der Waals surface area contributed by atoms with E-state index in [4.69, 9.17) is 11.5 Å². The molecule has 8 nitrogen and oxygen atoms in total. The fourth-order valence-electron chi connectivity index (χ4n) is 2.52. The van der Waals surface area contributed by atoms with E-state index in [1.165, 1.54) is 17.7 Å². The quantitative estimate of drug-likeness (QED) is 0.566. The van der Waals surface area contributed by atoms with E-state index in [1.54, 1.807) is 6.07 Å². The SMILES string of the molecule is Cc1cc(Nc2cc(NC(CC3CC3)C(N)=O)cnc2C(N)=O)sn1. The van der Waals surface area contributed by atoms with Gasteiger partial charge in [-0.05, 0) is 42.9 Å². The number of hydrogen-bond acceptors (Lipinski definition) is 7. The van der Waals surface area contributed by atoms with Gasteiger partial charge in [-0.1, -0.05) is 12.8 Å². The van der Waals surface area contributed by atoms with E-state index in [1.807, 2.05) is 13.0 Å². The molecule has 6 N–H and O–H groups in total. The molecule has 0 bridgehead atoms. The third-order valence-electron chi connectivity index (χ3n) is 3.96. The Balaban J connectivity index is 1.83. The average Bonchev–Trinajstić information content (AvgIpc) is 3.27. The van der Waals surface area contributed by atoms with Crippen LogP contribution in [0.5, 0.6) is 0 Å². The van der Waals surface area contributed by atoms with E-state index in [9.17, 15) is 9.59 Å². The molecule has 1 unspecified atom stereocenters. The molecular formula is C16H20N6O2S. The molecule has 0 saturated heterocycles.